The summed E-state index contributed by atoms with van der Waals surface area (Å²) in [6.07, 6.45) is 4.86. The molecular weight excluding hydrogens is 392 g/mol. The summed E-state index contributed by atoms with van der Waals surface area (Å²) < 4.78 is 1.83. The molecule has 0 saturated heterocycles. The number of pyridine rings is 2. The first-order valence-electron chi connectivity index (χ1n) is 10.4. The van der Waals surface area contributed by atoms with Crippen LogP contribution in [-0.2, 0) is 0 Å². The fourth-order valence-corrected chi connectivity index (χ4v) is 4.50. The molecule has 0 aliphatic heterocycles. The molecular formula is C22H26N8O. The quantitative estimate of drug-likeness (QED) is 0.353. The van der Waals surface area contributed by atoms with Crippen molar-refractivity contribution in [2.45, 2.75) is 32.0 Å². The van der Waals surface area contributed by atoms with Crippen LogP contribution in [0.25, 0.3) is 27.8 Å². The maximum atomic E-state index is 10.1. The van der Waals surface area contributed by atoms with Gasteiger partial charge in [0.1, 0.15) is 11.7 Å². The minimum Gasteiger partial charge on any atom is -0.378 e. The van der Waals surface area contributed by atoms with Crippen molar-refractivity contribution in [1.29, 1.82) is 0 Å². The molecule has 0 spiro atoms. The Morgan fingerprint density at radius 1 is 1.13 bits per heavy atom. The summed E-state index contributed by atoms with van der Waals surface area (Å²) in [5.41, 5.74) is 4.24. The third-order valence-corrected chi connectivity index (χ3v) is 6.17. The van der Waals surface area contributed by atoms with Gasteiger partial charge in [-0.2, -0.15) is 4.98 Å². The van der Waals surface area contributed by atoms with E-state index < -0.39 is 6.23 Å². The number of anilines is 2. The van der Waals surface area contributed by atoms with E-state index in [9.17, 15) is 5.11 Å². The molecule has 1 fully saturated rings. The minimum atomic E-state index is -0.515. The third kappa shape index (κ3) is 3.35. The number of nitrogens with zero attached hydrogens (tertiary/aromatic N) is 5. The molecule has 1 atom stereocenters. The van der Waals surface area contributed by atoms with Crippen molar-refractivity contribution in [1.82, 2.24) is 29.9 Å². The molecule has 1 aliphatic rings. The van der Waals surface area contributed by atoms with Gasteiger partial charge in [0.2, 0.25) is 5.95 Å². The smallest absolute Gasteiger partial charge is 0.243 e. The highest BCUT2D eigenvalue weighted by Gasteiger charge is 2.45. The molecule has 4 heterocycles. The maximum Gasteiger partial charge on any atom is 0.243 e. The van der Waals surface area contributed by atoms with Gasteiger partial charge in [-0.3, -0.25) is 10.3 Å². The fraction of sp³-hybridized carbons (Fsp3) is 0.364. The molecule has 1 unspecified atom stereocenters. The van der Waals surface area contributed by atoms with Crippen molar-refractivity contribution in [3.8, 4) is 11.3 Å². The summed E-state index contributed by atoms with van der Waals surface area (Å²) in [5, 5.41) is 24.3. The molecule has 4 N–H and O–H groups in total. The van der Waals surface area contributed by atoms with Gasteiger partial charge in [0.05, 0.1) is 16.7 Å². The summed E-state index contributed by atoms with van der Waals surface area (Å²) in [4.78, 5) is 13.8. The highest BCUT2D eigenvalue weighted by atomic mass is 16.3. The maximum absolute atomic E-state index is 10.1. The van der Waals surface area contributed by atoms with Crippen molar-refractivity contribution in [3.63, 3.8) is 0 Å². The van der Waals surface area contributed by atoms with Gasteiger partial charge < -0.3 is 15.7 Å². The Bertz CT molecular complexity index is 1250. The van der Waals surface area contributed by atoms with Crippen LogP contribution in [0.3, 0.4) is 0 Å². The number of rotatable bonds is 6. The van der Waals surface area contributed by atoms with Crippen LogP contribution in [-0.4, -0.2) is 56.0 Å². The average molecular weight is 419 g/mol. The van der Waals surface area contributed by atoms with E-state index in [0.717, 1.165) is 46.5 Å². The highest BCUT2D eigenvalue weighted by molar-refractivity contribution is 5.89. The first-order valence-corrected chi connectivity index (χ1v) is 10.4. The van der Waals surface area contributed by atoms with Crippen molar-refractivity contribution < 1.29 is 5.11 Å². The zero-order valence-corrected chi connectivity index (χ0v) is 17.8. The van der Waals surface area contributed by atoms with Gasteiger partial charge in [-0.15, -0.1) is 5.10 Å². The number of aliphatic hydroxyl groups excluding tert-OH is 1. The molecule has 9 heteroatoms. The van der Waals surface area contributed by atoms with Crippen molar-refractivity contribution in [2.24, 2.45) is 5.41 Å². The molecule has 1 saturated carbocycles. The van der Waals surface area contributed by atoms with E-state index in [1.165, 1.54) is 0 Å². The number of nitrogens with one attached hydrogen (secondary N) is 3. The number of aliphatic hydroxyl groups is 1. The third-order valence-electron chi connectivity index (χ3n) is 6.17. The Hall–Kier alpha value is -3.30. The molecule has 0 bridgehead atoms. The van der Waals surface area contributed by atoms with Gasteiger partial charge in [0.25, 0.3) is 0 Å². The Morgan fingerprint density at radius 2 is 1.97 bits per heavy atom. The molecule has 0 amide bonds. The van der Waals surface area contributed by atoms with Crippen LogP contribution in [0.1, 0.15) is 19.8 Å². The Labute approximate surface area is 179 Å². The summed E-state index contributed by atoms with van der Waals surface area (Å²) in [7, 11) is 3.63. The Kier molecular flexibility index (Phi) is 4.71. The zero-order valence-electron chi connectivity index (χ0n) is 17.8. The average Bonchev–Trinajstić information content (AvgIpc) is 3.20. The Balaban J connectivity index is 1.45. The first-order chi connectivity index (χ1) is 15.0. The van der Waals surface area contributed by atoms with E-state index in [4.69, 9.17) is 9.97 Å². The van der Waals surface area contributed by atoms with Crippen molar-refractivity contribution in [2.75, 3.05) is 24.7 Å². The summed E-state index contributed by atoms with van der Waals surface area (Å²) in [6, 6.07) is 10.0. The van der Waals surface area contributed by atoms with Crippen LogP contribution in [0.15, 0.2) is 42.7 Å². The first kappa shape index (κ1) is 19.7. The fourth-order valence-electron chi connectivity index (χ4n) is 4.50. The largest absolute Gasteiger partial charge is 0.378 e. The van der Waals surface area contributed by atoms with Crippen LogP contribution < -0.4 is 16.0 Å². The second kappa shape index (κ2) is 7.44. The van der Waals surface area contributed by atoms with E-state index in [2.05, 4.69) is 33.0 Å². The molecule has 1 aliphatic carbocycles. The lowest BCUT2D eigenvalue weighted by Gasteiger charge is -2.48. The molecule has 9 nitrogen and oxygen atoms in total. The SMILES string of the molecule is CNc1nc(NC2CC(C)(C(O)NC)C2)nn2ccc(-c3ccc4ncccc4n3)c12. The predicted octanol–water partition coefficient (Wildman–Crippen LogP) is 2.50. The molecule has 5 rings (SSSR count). The second-order valence-corrected chi connectivity index (χ2v) is 8.39. The lowest BCUT2D eigenvalue weighted by Crippen LogP contribution is -2.54. The van der Waals surface area contributed by atoms with E-state index in [1.54, 1.807) is 13.2 Å². The Morgan fingerprint density at radius 3 is 2.74 bits per heavy atom. The van der Waals surface area contributed by atoms with E-state index in [1.807, 2.05) is 48.1 Å². The molecule has 4 aromatic rings. The molecule has 0 radical (unpaired) electrons. The van der Waals surface area contributed by atoms with E-state index in [-0.39, 0.29) is 11.5 Å². The summed E-state index contributed by atoms with van der Waals surface area (Å²) >= 11 is 0. The standard InChI is InChI=1S/C22H26N8O/c1-22(20(31)24-3)11-13(12-22)26-21-28-19(23-2)18-14(8-10-30(18)29-21)15-6-7-16-17(27-15)5-4-9-25-16/h4-10,13,20,24,31H,11-12H2,1-3H3,(H2,23,26,28,29). The van der Waals surface area contributed by atoms with E-state index >= 15 is 0 Å². The van der Waals surface area contributed by atoms with Crippen LogP contribution in [0.5, 0.6) is 0 Å². The second-order valence-electron chi connectivity index (χ2n) is 8.39. The molecule has 4 aromatic heterocycles. The lowest BCUT2D eigenvalue weighted by atomic mass is 9.65. The number of hydrogen-bond acceptors (Lipinski definition) is 8. The normalized spacial score (nSPS) is 21.7. The van der Waals surface area contributed by atoms with Crippen molar-refractivity contribution in [3.05, 3.63) is 42.7 Å². The minimum absolute atomic E-state index is 0.139. The van der Waals surface area contributed by atoms with Crippen LogP contribution >= 0.6 is 0 Å². The van der Waals surface area contributed by atoms with Gasteiger partial charge in [-0.25, -0.2) is 9.50 Å². The molecule has 160 valence electrons. The van der Waals surface area contributed by atoms with Crippen LogP contribution in [0.2, 0.25) is 0 Å². The molecule has 0 aromatic carbocycles. The monoisotopic (exact) mass is 418 g/mol. The van der Waals surface area contributed by atoms with Gasteiger partial charge >= 0.3 is 0 Å². The van der Waals surface area contributed by atoms with Gasteiger partial charge in [0, 0.05) is 36.5 Å². The summed E-state index contributed by atoms with van der Waals surface area (Å²) in [5.74, 6) is 1.28. The summed E-state index contributed by atoms with van der Waals surface area (Å²) in [6.45, 7) is 2.08. The van der Waals surface area contributed by atoms with Gasteiger partial charge in [-0.05, 0) is 50.2 Å². The predicted molar refractivity (Wildman–Crippen MR) is 121 cm³/mol. The highest BCUT2D eigenvalue weighted by Crippen LogP contribution is 2.44. The lowest BCUT2D eigenvalue weighted by molar-refractivity contribution is -0.0432. The number of fused-ring (bicyclic) bond motifs is 2. The molecule has 31 heavy (non-hydrogen) atoms. The zero-order chi connectivity index (χ0) is 21.6. The topological polar surface area (TPSA) is 112 Å². The van der Waals surface area contributed by atoms with Gasteiger partial charge in [-0.1, -0.05) is 6.92 Å². The van der Waals surface area contributed by atoms with Gasteiger partial charge in [0.15, 0.2) is 5.82 Å². The number of hydrogen-bond donors (Lipinski definition) is 4. The van der Waals surface area contributed by atoms with Crippen LogP contribution in [0, 0.1) is 5.41 Å². The van der Waals surface area contributed by atoms with E-state index in [0.29, 0.717) is 5.95 Å². The van der Waals surface area contributed by atoms with Crippen molar-refractivity contribution >= 4 is 28.3 Å². The van der Waals surface area contributed by atoms with Crippen LogP contribution in [0.4, 0.5) is 11.8 Å². The number of aromatic nitrogens is 5.